The summed E-state index contributed by atoms with van der Waals surface area (Å²) in [6, 6.07) is 10.1. The average Bonchev–Trinajstić information content (AvgIpc) is 3.09. The van der Waals surface area contributed by atoms with E-state index in [4.69, 9.17) is 14.2 Å². The minimum absolute atomic E-state index is 0.0392. The van der Waals surface area contributed by atoms with E-state index in [1.807, 2.05) is 13.8 Å². The van der Waals surface area contributed by atoms with Crippen molar-refractivity contribution >= 4 is 27.6 Å². The number of likely N-dealkylation sites (N-methyl/N-ethyl adjacent to an activating group) is 1. The first kappa shape index (κ1) is 38.3. The van der Waals surface area contributed by atoms with Crippen LogP contribution in [0.15, 0.2) is 47.4 Å². The molecule has 0 bridgehead atoms. The monoisotopic (exact) mass is 702 g/mol. The highest BCUT2D eigenvalue weighted by molar-refractivity contribution is 7.92. The van der Waals surface area contributed by atoms with E-state index in [1.165, 1.54) is 31.7 Å². The maximum Gasteiger partial charge on any atom is 0.317 e. The first-order valence-corrected chi connectivity index (χ1v) is 18.9. The van der Waals surface area contributed by atoms with Gasteiger partial charge in [-0.25, -0.2) is 13.2 Å². The van der Waals surface area contributed by atoms with E-state index in [2.05, 4.69) is 10.0 Å². The van der Waals surface area contributed by atoms with Crippen molar-refractivity contribution in [3.05, 3.63) is 48.0 Å². The Morgan fingerprint density at radius 3 is 2.43 bits per heavy atom. The molecule has 0 spiro atoms. The molecule has 1 aliphatic carbocycles. The van der Waals surface area contributed by atoms with E-state index < -0.39 is 22.0 Å². The molecule has 0 aromatic heterocycles. The van der Waals surface area contributed by atoms with Gasteiger partial charge in [0.15, 0.2) is 0 Å². The number of methoxy groups -OCH3 is 1. The third kappa shape index (κ3) is 10.7. The van der Waals surface area contributed by atoms with Gasteiger partial charge in [0.25, 0.3) is 15.9 Å². The van der Waals surface area contributed by atoms with Crippen LogP contribution in [0, 0.1) is 5.92 Å². The predicted octanol–water partition coefficient (Wildman–Crippen LogP) is 5.27. The summed E-state index contributed by atoms with van der Waals surface area (Å²) in [6.45, 7) is 6.43. The molecule has 4 atom stereocenters. The molecular formula is C36H54N4O8S. The Balaban J connectivity index is 1.61. The summed E-state index contributed by atoms with van der Waals surface area (Å²) in [7, 11) is -0.718. The summed E-state index contributed by atoms with van der Waals surface area (Å²) >= 11 is 0. The van der Waals surface area contributed by atoms with Crippen LogP contribution in [-0.4, -0.2) is 100 Å². The molecule has 3 amide bonds. The number of fused-ring (bicyclic) bond motifs is 1. The van der Waals surface area contributed by atoms with Crippen LogP contribution in [0.1, 0.15) is 82.5 Å². The van der Waals surface area contributed by atoms with Crippen LogP contribution in [0.5, 0.6) is 11.5 Å². The summed E-state index contributed by atoms with van der Waals surface area (Å²) in [6.07, 6.45) is 7.14. The number of nitrogens with zero attached hydrogens (tertiary/aromatic N) is 2. The number of ether oxygens (including phenoxy) is 3. The zero-order valence-corrected chi connectivity index (χ0v) is 30.3. The second-order valence-corrected chi connectivity index (χ2v) is 15.1. The molecule has 49 heavy (non-hydrogen) atoms. The van der Waals surface area contributed by atoms with Crippen LogP contribution in [0.2, 0.25) is 0 Å². The first-order valence-electron chi connectivity index (χ1n) is 17.4. The molecule has 0 saturated heterocycles. The Hall–Kier alpha value is -3.55. The van der Waals surface area contributed by atoms with Gasteiger partial charge in [0.2, 0.25) is 0 Å². The summed E-state index contributed by atoms with van der Waals surface area (Å²) in [5.74, 6) is 0.222. The van der Waals surface area contributed by atoms with Crippen molar-refractivity contribution in [2.45, 2.75) is 101 Å². The number of amides is 3. The Labute approximate surface area is 291 Å². The van der Waals surface area contributed by atoms with E-state index in [-0.39, 0.29) is 59.5 Å². The minimum Gasteiger partial charge on any atom is -0.497 e. The third-order valence-electron chi connectivity index (χ3n) is 9.41. The number of carbonyl (C=O) groups is 2. The second-order valence-electron chi connectivity index (χ2n) is 13.5. The molecule has 1 fully saturated rings. The number of benzene rings is 2. The molecule has 4 rings (SSSR count). The Morgan fingerprint density at radius 1 is 1.06 bits per heavy atom. The van der Waals surface area contributed by atoms with Crippen LogP contribution in [-0.2, 0) is 14.8 Å². The second kappa shape index (κ2) is 17.9. The largest absolute Gasteiger partial charge is 0.497 e. The summed E-state index contributed by atoms with van der Waals surface area (Å²) in [5, 5.41) is 13.4. The Kier molecular flexibility index (Phi) is 14.0. The molecule has 1 saturated carbocycles. The fourth-order valence-corrected chi connectivity index (χ4v) is 7.35. The van der Waals surface area contributed by atoms with Crippen molar-refractivity contribution in [3.63, 3.8) is 0 Å². The molecule has 272 valence electrons. The fraction of sp³-hybridized carbons (Fsp3) is 0.611. The first-order chi connectivity index (χ1) is 23.4. The summed E-state index contributed by atoms with van der Waals surface area (Å²) in [5.41, 5.74) is 0.365. The lowest BCUT2D eigenvalue weighted by Gasteiger charge is -2.36. The van der Waals surface area contributed by atoms with Gasteiger partial charge in [-0.2, -0.15) is 0 Å². The molecule has 13 heteroatoms. The van der Waals surface area contributed by atoms with Gasteiger partial charge < -0.3 is 34.4 Å². The van der Waals surface area contributed by atoms with Gasteiger partial charge in [-0.15, -0.1) is 0 Å². The molecule has 2 aromatic carbocycles. The molecule has 0 radical (unpaired) electrons. The van der Waals surface area contributed by atoms with E-state index in [0.29, 0.717) is 31.1 Å². The maximum absolute atomic E-state index is 14.4. The van der Waals surface area contributed by atoms with Gasteiger partial charge in [-0.3, -0.25) is 9.52 Å². The molecule has 1 heterocycles. The smallest absolute Gasteiger partial charge is 0.317 e. The van der Waals surface area contributed by atoms with Crippen LogP contribution < -0.4 is 19.5 Å². The number of carbonyl (C=O) groups excluding carboxylic acids is 2. The molecule has 0 unspecified atom stereocenters. The number of rotatable bonds is 9. The zero-order chi connectivity index (χ0) is 35.6. The van der Waals surface area contributed by atoms with Crippen molar-refractivity contribution in [3.8, 4) is 11.5 Å². The normalized spacial score (nSPS) is 22.2. The number of aliphatic hydroxyl groups excluding tert-OH is 1. The van der Waals surface area contributed by atoms with Gasteiger partial charge in [0.1, 0.15) is 11.5 Å². The van der Waals surface area contributed by atoms with Crippen molar-refractivity contribution in [2.75, 3.05) is 45.2 Å². The zero-order valence-electron chi connectivity index (χ0n) is 29.5. The number of nitrogens with one attached hydrogen (secondary N) is 2. The summed E-state index contributed by atoms with van der Waals surface area (Å²) in [4.78, 5) is 30.8. The van der Waals surface area contributed by atoms with Gasteiger partial charge >= 0.3 is 6.03 Å². The molecule has 2 aromatic rings. The average molecular weight is 703 g/mol. The third-order valence-corrected chi connectivity index (χ3v) is 10.8. The lowest BCUT2D eigenvalue weighted by atomic mass is 9.96. The van der Waals surface area contributed by atoms with Crippen LogP contribution in [0.25, 0.3) is 0 Å². The lowest BCUT2D eigenvalue weighted by Crippen LogP contribution is -2.50. The lowest BCUT2D eigenvalue weighted by molar-refractivity contribution is -0.0123. The highest BCUT2D eigenvalue weighted by atomic mass is 32.2. The number of anilines is 1. The van der Waals surface area contributed by atoms with Gasteiger partial charge in [-0.1, -0.05) is 26.2 Å². The highest BCUT2D eigenvalue weighted by Crippen LogP contribution is 2.30. The fourth-order valence-electron chi connectivity index (χ4n) is 6.30. The molecule has 1 aliphatic heterocycles. The topological polar surface area (TPSA) is 147 Å². The standard InChI is InChI=1S/C36H54N4O8S/c1-25-22-40(26(2)24-41)35(42)32-21-29(38-49(44,45)31-17-15-30(46-5)16-18-31)14-19-33(32)48-27(3)11-9-10-20-47-34(25)23-39(4)36(43)37-28-12-7-6-8-13-28/h14-19,21,25-28,34,38,41H,6-13,20,22-24H2,1-5H3,(H,37,43)/t25-,26-,27-,34+/m0/s1. The predicted molar refractivity (Wildman–Crippen MR) is 189 cm³/mol. The van der Waals surface area contributed by atoms with Gasteiger partial charge in [0.05, 0.1) is 42.4 Å². The number of hydrogen-bond donors (Lipinski definition) is 3. The molecule has 2 aliphatic rings. The number of aliphatic hydroxyl groups is 1. The van der Waals surface area contributed by atoms with Crippen LogP contribution in [0.3, 0.4) is 0 Å². The van der Waals surface area contributed by atoms with E-state index in [9.17, 15) is 23.1 Å². The molecule has 12 nitrogen and oxygen atoms in total. The number of hydrogen-bond acceptors (Lipinski definition) is 8. The molecule has 3 N–H and O–H groups in total. The Bertz CT molecular complexity index is 1480. The van der Waals surface area contributed by atoms with Gasteiger partial charge in [-0.05, 0) is 88.4 Å². The Morgan fingerprint density at radius 2 is 1.76 bits per heavy atom. The summed E-state index contributed by atoms with van der Waals surface area (Å²) < 4.78 is 46.9. The van der Waals surface area contributed by atoms with Crippen LogP contribution >= 0.6 is 0 Å². The van der Waals surface area contributed by atoms with Crippen molar-refractivity contribution in [2.24, 2.45) is 5.92 Å². The highest BCUT2D eigenvalue weighted by Gasteiger charge is 2.31. The van der Waals surface area contributed by atoms with Crippen LogP contribution in [0.4, 0.5) is 10.5 Å². The van der Waals surface area contributed by atoms with Crippen molar-refractivity contribution in [1.29, 1.82) is 0 Å². The number of sulfonamides is 1. The maximum atomic E-state index is 14.4. The van der Waals surface area contributed by atoms with E-state index in [0.717, 1.165) is 38.5 Å². The quantitative estimate of drug-likeness (QED) is 0.321. The van der Waals surface area contributed by atoms with Crippen molar-refractivity contribution in [1.82, 2.24) is 15.1 Å². The number of urea groups is 1. The minimum atomic E-state index is -3.99. The molecular weight excluding hydrogens is 648 g/mol. The van der Waals surface area contributed by atoms with Gasteiger partial charge in [0, 0.05) is 44.4 Å². The SMILES string of the molecule is COc1ccc(S(=O)(=O)Nc2ccc3c(c2)C(=O)N([C@@H](C)CO)C[C@H](C)[C@@H](CN(C)C(=O)NC2CCCCC2)OCCCC[C@H](C)O3)cc1. The van der Waals surface area contributed by atoms with Crippen molar-refractivity contribution < 1.29 is 37.3 Å². The van der Waals surface area contributed by atoms with E-state index in [1.54, 1.807) is 48.0 Å². The van der Waals surface area contributed by atoms with E-state index >= 15 is 0 Å².